The molecule has 2 heterocycles. The van der Waals surface area contributed by atoms with Crippen LogP contribution in [0, 0.1) is 0 Å². The third kappa shape index (κ3) is 5.15. The zero-order valence-electron chi connectivity index (χ0n) is 28.0. The molecule has 10 aromatic rings. The molecule has 0 atom stereocenters. The Morgan fingerprint density at radius 3 is 1.63 bits per heavy atom. The van der Waals surface area contributed by atoms with Crippen LogP contribution in [0.15, 0.2) is 186 Å². The van der Waals surface area contributed by atoms with E-state index < -0.39 is 0 Å². The van der Waals surface area contributed by atoms with E-state index in [2.05, 4.69) is 120 Å². The number of furan rings is 1. The van der Waals surface area contributed by atoms with Crippen LogP contribution in [-0.4, -0.2) is 15.0 Å². The monoisotopic (exact) mass is 666 g/mol. The molecule has 0 spiro atoms. The molecule has 0 unspecified atom stereocenters. The van der Waals surface area contributed by atoms with Crippen LogP contribution < -0.4 is 4.90 Å². The minimum atomic E-state index is 0.581. The van der Waals surface area contributed by atoms with Gasteiger partial charge in [0, 0.05) is 38.8 Å². The van der Waals surface area contributed by atoms with E-state index in [9.17, 15) is 0 Å². The number of hydrogen-bond donors (Lipinski definition) is 0. The van der Waals surface area contributed by atoms with Gasteiger partial charge in [0.05, 0.1) is 5.69 Å². The number of para-hydroxylation sites is 1. The van der Waals surface area contributed by atoms with E-state index in [0.29, 0.717) is 17.5 Å². The topological polar surface area (TPSA) is 55.1 Å². The van der Waals surface area contributed by atoms with Gasteiger partial charge in [0.1, 0.15) is 5.58 Å². The van der Waals surface area contributed by atoms with Gasteiger partial charge in [-0.3, -0.25) is 0 Å². The minimum absolute atomic E-state index is 0.581. The van der Waals surface area contributed by atoms with Gasteiger partial charge in [0.25, 0.3) is 0 Å². The van der Waals surface area contributed by atoms with Gasteiger partial charge in [-0.1, -0.05) is 140 Å². The zero-order chi connectivity index (χ0) is 34.4. The van der Waals surface area contributed by atoms with Gasteiger partial charge in [-0.25, -0.2) is 15.0 Å². The first-order valence-corrected chi connectivity index (χ1v) is 17.4. The summed E-state index contributed by atoms with van der Waals surface area (Å²) in [6.07, 6.45) is 0. The number of rotatable bonds is 6. The third-order valence-corrected chi connectivity index (χ3v) is 9.65. The molecule has 0 amide bonds. The van der Waals surface area contributed by atoms with Crippen LogP contribution in [0.4, 0.5) is 17.1 Å². The lowest BCUT2D eigenvalue weighted by atomic mass is 10.0. The molecule has 0 bridgehead atoms. The van der Waals surface area contributed by atoms with Gasteiger partial charge in [-0.15, -0.1) is 0 Å². The molecule has 5 heteroatoms. The van der Waals surface area contributed by atoms with E-state index in [1.165, 1.54) is 5.39 Å². The molecule has 0 aliphatic heterocycles. The van der Waals surface area contributed by atoms with Crippen LogP contribution >= 0.6 is 0 Å². The van der Waals surface area contributed by atoms with Crippen molar-refractivity contribution in [1.82, 2.24) is 15.0 Å². The van der Waals surface area contributed by atoms with Crippen molar-refractivity contribution < 1.29 is 4.42 Å². The zero-order valence-corrected chi connectivity index (χ0v) is 28.0. The summed E-state index contributed by atoms with van der Waals surface area (Å²) >= 11 is 0. The molecule has 0 N–H and O–H groups in total. The van der Waals surface area contributed by atoms with Crippen LogP contribution in [-0.2, 0) is 0 Å². The van der Waals surface area contributed by atoms with E-state index in [0.717, 1.165) is 71.8 Å². The smallest absolute Gasteiger partial charge is 0.164 e. The molecular formula is C47H30N4O. The van der Waals surface area contributed by atoms with E-state index in [1.54, 1.807) is 0 Å². The second-order valence-electron chi connectivity index (χ2n) is 12.9. The number of anilines is 3. The second-order valence-corrected chi connectivity index (χ2v) is 12.9. The maximum Gasteiger partial charge on any atom is 0.164 e. The first-order valence-electron chi connectivity index (χ1n) is 17.4. The van der Waals surface area contributed by atoms with Gasteiger partial charge in [0.15, 0.2) is 23.1 Å². The van der Waals surface area contributed by atoms with Crippen molar-refractivity contribution in [2.24, 2.45) is 0 Å². The summed E-state index contributed by atoms with van der Waals surface area (Å²) in [6.45, 7) is 0. The van der Waals surface area contributed by atoms with E-state index in [1.807, 2.05) is 66.7 Å². The number of fused-ring (bicyclic) bond motifs is 6. The predicted octanol–water partition coefficient (Wildman–Crippen LogP) is 12.5. The first-order chi connectivity index (χ1) is 25.8. The molecular weight excluding hydrogens is 637 g/mol. The lowest BCUT2D eigenvalue weighted by Gasteiger charge is -2.26. The van der Waals surface area contributed by atoms with E-state index >= 15 is 0 Å². The molecule has 52 heavy (non-hydrogen) atoms. The minimum Gasteiger partial charge on any atom is -0.454 e. The Bertz CT molecular complexity index is 2850. The van der Waals surface area contributed by atoms with Crippen molar-refractivity contribution in [3.63, 3.8) is 0 Å². The van der Waals surface area contributed by atoms with Gasteiger partial charge < -0.3 is 9.32 Å². The Morgan fingerprint density at radius 2 is 0.942 bits per heavy atom. The second kappa shape index (κ2) is 12.3. The molecule has 0 saturated heterocycles. The van der Waals surface area contributed by atoms with E-state index in [-0.39, 0.29) is 0 Å². The summed E-state index contributed by atoms with van der Waals surface area (Å²) in [7, 11) is 0. The molecule has 0 aliphatic rings. The maximum atomic E-state index is 6.89. The summed E-state index contributed by atoms with van der Waals surface area (Å²) in [5, 5.41) is 6.66. The van der Waals surface area contributed by atoms with Crippen molar-refractivity contribution in [2.45, 2.75) is 0 Å². The third-order valence-electron chi connectivity index (χ3n) is 9.65. The Morgan fingerprint density at radius 1 is 0.385 bits per heavy atom. The van der Waals surface area contributed by atoms with Crippen LogP contribution in [0.5, 0.6) is 0 Å². The molecule has 10 rings (SSSR count). The Labute approximate surface area is 300 Å². The number of hydrogen-bond acceptors (Lipinski definition) is 5. The lowest BCUT2D eigenvalue weighted by molar-refractivity contribution is 0.669. The predicted molar refractivity (Wildman–Crippen MR) is 213 cm³/mol. The average molecular weight is 667 g/mol. The molecule has 5 nitrogen and oxygen atoms in total. The molecule has 244 valence electrons. The van der Waals surface area contributed by atoms with Crippen molar-refractivity contribution in [2.75, 3.05) is 4.90 Å². The highest BCUT2D eigenvalue weighted by atomic mass is 16.3. The van der Waals surface area contributed by atoms with Crippen molar-refractivity contribution >= 4 is 60.5 Å². The van der Waals surface area contributed by atoms with Gasteiger partial charge in [-0.05, 0) is 64.0 Å². The first kappa shape index (κ1) is 29.8. The quantitative estimate of drug-likeness (QED) is 0.177. The Kier molecular flexibility index (Phi) is 7.07. The SMILES string of the molecule is c1ccc(-c2nc(-c3ccccc3)nc(-c3cc(N(c4ccccc4)c4ccc5ccccc5c4)c4oc5ccc6ccccc6c5c4c3)n2)cc1. The summed E-state index contributed by atoms with van der Waals surface area (Å²) in [5.74, 6) is 1.81. The van der Waals surface area contributed by atoms with Gasteiger partial charge in [0.2, 0.25) is 0 Å². The lowest BCUT2D eigenvalue weighted by Crippen LogP contribution is -2.10. The molecule has 0 radical (unpaired) electrons. The van der Waals surface area contributed by atoms with Crippen LogP contribution in [0.2, 0.25) is 0 Å². The van der Waals surface area contributed by atoms with Gasteiger partial charge >= 0.3 is 0 Å². The highest BCUT2D eigenvalue weighted by Gasteiger charge is 2.24. The number of benzene rings is 8. The largest absolute Gasteiger partial charge is 0.454 e. The van der Waals surface area contributed by atoms with Crippen LogP contribution in [0.3, 0.4) is 0 Å². The molecule has 8 aromatic carbocycles. The van der Waals surface area contributed by atoms with Crippen molar-refractivity contribution in [3.05, 3.63) is 182 Å². The summed E-state index contributed by atoms with van der Waals surface area (Å²) in [6, 6.07) is 62.7. The fourth-order valence-corrected chi connectivity index (χ4v) is 7.18. The fraction of sp³-hybridized carbons (Fsp3) is 0. The molecule has 0 saturated carbocycles. The van der Waals surface area contributed by atoms with E-state index in [4.69, 9.17) is 19.4 Å². The van der Waals surface area contributed by atoms with Gasteiger partial charge in [-0.2, -0.15) is 0 Å². The Hall–Kier alpha value is -7.11. The standard InChI is InChI=1S/C47H30N4O/c1-4-16-33(17-5-1)45-48-46(34-18-6-2-7-19-34)50-47(49-45)36-29-40-43-39-23-13-12-15-32(39)25-27-42(43)52-44(40)41(30-36)51(37-21-8-3-9-22-37)38-26-24-31-14-10-11-20-35(31)28-38/h1-30H. The Balaban J connectivity index is 1.31. The molecule has 0 aliphatic carbocycles. The fourth-order valence-electron chi connectivity index (χ4n) is 7.18. The number of nitrogens with zero attached hydrogens (tertiary/aromatic N) is 4. The highest BCUT2D eigenvalue weighted by molar-refractivity contribution is 6.21. The van der Waals surface area contributed by atoms with Crippen molar-refractivity contribution in [3.8, 4) is 34.2 Å². The summed E-state index contributed by atoms with van der Waals surface area (Å²) < 4.78 is 6.89. The number of aromatic nitrogens is 3. The molecule has 2 aromatic heterocycles. The summed E-state index contributed by atoms with van der Waals surface area (Å²) in [4.78, 5) is 17.5. The van der Waals surface area contributed by atoms with Crippen LogP contribution in [0.25, 0.3) is 77.6 Å². The maximum absolute atomic E-state index is 6.89. The highest BCUT2D eigenvalue weighted by Crippen LogP contribution is 2.46. The average Bonchev–Trinajstić information content (AvgIpc) is 3.61. The summed E-state index contributed by atoms with van der Waals surface area (Å²) in [5.41, 5.74) is 7.22. The van der Waals surface area contributed by atoms with Crippen LogP contribution in [0.1, 0.15) is 0 Å². The van der Waals surface area contributed by atoms with Crippen molar-refractivity contribution in [1.29, 1.82) is 0 Å². The molecule has 0 fully saturated rings. The normalized spacial score (nSPS) is 11.5.